The molecule has 0 fully saturated rings. The quantitative estimate of drug-likeness (QED) is 0.176. The standard InChI is InChI=1S/C49H31N3O/c1-4-13-32(14-5-1)35-23-24-37-30-38(26-25-36(37)29-35)48-50-47(34-17-8-3-9-18-34)51-49(52-48)39-27-28-43-45(31-39)53-44-22-12-21-42(46(43)44)41-20-11-10-19-40(41)33-15-6-2-7-16-33/h1-31H. The fourth-order valence-electron chi connectivity index (χ4n) is 7.32. The predicted octanol–water partition coefficient (Wildman–Crippen LogP) is 12.9. The molecule has 0 aliphatic carbocycles. The summed E-state index contributed by atoms with van der Waals surface area (Å²) in [7, 11) is 0. The minimum Gasteiger partial charge on any atom is -0.456 e. The first-order valence-corrected chi connectivity index (χ1v) is 17.8. The van der Waals surface area contributed by atoms with Gasteiger partial charge in [-0.05, 0) is 74.5 Å². The van der Waals surface area contributed by atoms with Gasteiger partial charge in [-0.1, -0.05) is 158 Å². The molecular formula is C49H31N3O. The zero-order chi connectivity index (χ0) is 35.1. The Balaban J connectivity index is 1.09. The summed E-state index contributed by atoms with van der Waals surface area (Å²) in [5.41, 5.74) is 11.4. The van der Waals surface area contributed by atoms with E-state index in [1.54, 1.807) is 0 Å². The predicted molar refractivity (Wildman–Crippen MR) is 217 cm³/mol. The Morgan fingerprint density at radius 3 is 1.51 bits per heavy atom. The van der Waals surface area contributed by atoms with Crippen molar-refractivity contribution >= 4 is 32.7 Å². The molecule has 2 aromatic heterocycles. The molecule has 0 spiro atoms. The molecule has 10 rings (SSSR count). The van der Waals surface area contributed by atoms with Crippen molar-refractivity contribution < 1.29 is 4.42 Å². The Morgan fingerprint density at radius 2 is 0.811 bits per heavy atom. The molecule has 4 heteroatoms. The Bertz CT molecular complexity index is 2940. The zero-order valence-electron chi connectivity index (χ0n) is 28.6. The highest BCUT2D eigenvalue weighted by molar-refractivity contribution is 6.14. The molecule has 0 amide bonds. The molecule has 10 aromatic rings. The highest BCUT2D eigenvalue weighted by Gasteiger charge is 2.18. The van der Waals surface area contributed by atoms with Crippen LogP contribution in [0.3, 0.4) is 0 Å². The fourth-order valence-corrected chi connectivity index (χ4v) is 7.32. The average molecular weight is 678 g/mol. The summed E-state index contributed by atoms with van der Waals surface area (Å²) in [5.74, 6) is 1.83. The lowest BCUT2D eigenvalue weighted by molar-refractivity contribution is 0.669. The van der Waals surface area contributed by atoms with Gasteiger partial charge in [0.15, 0.2) is 17.5 Å². The molecule has 0 radical (unpaired) electrons. The molecule has 53 heavy (non-hydrogen) atoms. The van der Waals surface area contributed by atoms with Gasteiger partial charge in [-0.15, -0.1) is 0 Å². The molecule has 4 nitrogen and oxygen atoms in total. The van der Waals surface area contributed by atoms with Crippen LogP contribution in [0.1, 0.15) is 0 Å². The van der Waals surface area contributed by atoms with Crippen LogP contribution in [0.5, 0.6) is 0 Å². The number of fused-ring (bicyclic) bond motifs is 4. The Morgan fingerprint density at radius 1 is 0.302 bits per heavy atom. The Kier molecular flexibility index (Phi) is 7.43. The van der Waals surface area contributed by atoms with Gasteiger partial charge in [0.05, 0.1) is 0 Å². The van der Waals surface area contributed by atoms with Crippen molar-refractivity contribution in [3.63, 3.8) is 0 Å². The molecule has 0 atom stereocenters. The van der Waals surface area contributed by atoms with Crippen LogP contribution in [0.25, 0.3) is 100 Å². The molecule has 0 unspecified atom stereocenters. The smallest absolute Gasteiger partial charge is 0.164 e. The first-order chi connectivity index (χ1) is 26.2. The minimum absolute atomic E-state index is 0.588. The summed E-state index contributed by atoms with van der Waals surface area (Å²) in [6.45, 7) is 0. The maximum absolute atomic E-state index is 6.57. The third kappa shape index (κ3) is 5.63. The second-order valence-corrected chi connectivity index (χ2v) is 13.2. The Labute approximate surface area is 306 Å². The lowest BCUT2D eigenvalue weighted by atomic mass is 9.92. The molecule has 8 aromatic carbocycles. The molecule has 0 aliphatic heterocycles. The highest BCUT2D eigenvalue weighted by Crippen LogP contribution is 2.41. The van der Waals surface area contributed by atoms with Crippen LogP contribution in [0, 0.1) is 0 Å². The first kappa shape index (κ1) is 30.6. The van der Waals surface area contributed by atoms with Gasteiger partial charge in [0, 0.05) is 27.5 Å². The van der Waals surface area contributed by atoms with E-state index in [0.717, 1.165) is 60.5 Å². The third-order valence-electron chi connectivity index (χ3n) is 9.93. The number of rotatable bonds is 6. The van der Waals surface area contributed by atoms with Crippen LogP contribution in [0.4, 0.5) is 0 Å². The summed E-state index contributed by atoms with van der Waals surface area (Å²) in [4.78, 5) is 15.1. The third-order valence-corrected chi connectivity index (χ3v) is 9.93. The molecule has 0 bridgehead atoms. The number of aromatic nitrogens is 3. The molecule has 0 saturated heterocycles. The van der Waals surface area contributed by atoms with Crippen LogP contribution >= 0.6 is 0 Å². The lowest BCUT2D eigenvalue weighted by Crippen LogP contribution is -2.00. The van der Waals surface area contributed by atoms with Gasteiger partial charge in [-0.25, -0.2) is 15.0 Å². The average Bonchev–Trinajstić information content (AvgIpc) is 3.62. The molecule has 2 heterocycles. The minimum atomic E-state index is 0.588. The number of nitrogens with zero attached hydrogens (tertiary/aromatic N) is 3. The van der Waals surface area contributed by atoms with Gasteiger partial charge in [-0.3, -0.25) is 0 Å². The highest BCUT2D eigenvalue weighted by atomic mass is 16.3. The van der Waals surface area contributed by atoms with E-state index in [1.807, 2.05) is 42.5 Å². The summed E-state index contributed by atoms with van der Waals surface area (Å²) >= 11 is 0. The zero-order valence-corrected chi connectivity index (χ0v) is 28.6. The van der Waals surface area contributed by atoms with Gasteiger partial charge >= 0.3 is 0 Å². The van der Waals surface area contributed by atoms with Gasteiger partial charge < -0.3 is 4.42 Å². The lowest BCUT2D eigenvalue weighted by Gasteiger charge is -2.11. The number of furan rings is 1. The van der Waals surface area contributed by atoms with Gasteiger partial charge in [0.25, 0.3) is 0 Å². The summed E-state index contributed by atoms with van der Waals surface area (Å²) < 4.78 is 6.57. The Hall–Kier alpha value is -7.17. The van der Waals surface area contributed by atoms with Crippen molar-refractivity contribution in [1.29, 1.82) is 0 Å². The summed E-state index contributed by atoms with van der Waals surface area (Å²) in [6, 6.07) is 65.2. The van der Waals surface area contributed by atoms with Crippen LogP contribution in [0.2, 0.25) is 0 Å². The molecule has 248 valence electrons. The SMILES string of the molecule is c1ccc(-c2ccc3cc(-c4nc(-c5ccccc5)nc(-c5ccc6c(c5)oc5cccc(-c7ccccc7-c7ccccc7)c56)n4)ccc3c2)cc1. The summed E-state index contributed by atoms with van der Waals surface area (Å²) in [5, 5.41) is 4.42. The maximum atomic E-state index is 6.57. The summed E-state index contributed by atoms with van der Waals surface area (Å²) in [6.07, 6.45) is 0. The first-order valence-electron chi connectivity index (χ1n) is 17.8. The van der Waals surface area contributed by atoms with Crippen molar-refractivity contribution in [3.8, 4) is 67.5 Å². The van der Waals surface area contributed by atoms with E-state index in [9.17, 15) is 0 Å². The van der Waals surface area contributed by atoms with E-state index in [2.05, 4.69) is 146 Å². The molecule has 0 N–H and O–H groups in total. The number of hydrogen-bond donors (Lipinski definition) is 0. The van der Waals surface area contributed by atoms with Crippen molar-refractivity contribution in [3.05, 3.63) is 188 Å². The number of benzene rings is 8. The normalized spacial score (nSPS) is 11.4. The van der Waals surface area contributed by atoms with Gasteiger partial charge in [0.2, 0.25) is 0 Å². The van der Waals surface area contributed by atoms with E-state index < -0.39 is 0 Å². The van der Waals surface area contributed by atoms with E-state index in [0.29, 0.717) is 17.5 Å². The van der Waals surface area contributed by atoms with Gasteiger partial charge in [0.1, 0.15) is 11.2 Å². The molecular weight excluding hydrogens is 647 g/mol. The van der Waals surface area contributed by atoms with E-state index in [1.165, 1.54) is 22.3 Å². The van der Waals surface area contributed by atoms with Crippen LogP contribution in [0.15, 0.2) is 192 Å². The van der Waals surface area contributed by atoms with Crippen molar-refractivity contribution in [2.75, 3.05) is 0 Å². The van der Waals surface area contributed by atoms with E-state index in [-0.39, 0.29) is 0 Å². The monoisotopic (exact) mass is 677 g/mol. The van der Waals surface area contributed by atoms with Crippen molar-refractivity contribution in [1.82, 2.24) is 15.0 Å². The largest absolute Gasteiger partial charge is 0.456 e. The second kappa shape index (κ2) is 12.9. The van der Waals surface area contributed by atoms with E-state index >= 15 is 0 Å². The van der Waals surface area contributed by atoms with Crippen LogP contribution < -0.4 is 0 Å². The van der Waals surface area contributed by atoms with Crippen molar-refractivity contribution in [2.24, 2.45) is 0 Å². The van der Waals surface area contributed by atoms with Crippen molar-refractivity contribution in [2.45, 2.75) is 0 Å². The number of hydrogen-bond acceptors (Lipinski definition) is 4. The molecule has 0 saturated carbocycles. The van der Waals surface area contributed by atoms with Crippen LogP contribution in [-0.4, -0.2) is 15.0 Å². The van der Waals surface area contributed by atoms with Crippen LogP contribution in [-0.2, 0) is 0 Å². The fraction of sp³-hybridized carbons (Fsp3) is 0. The second-order valence-electron chi connectivity index (χ2n) is 13.2. The maximum Gasteiger partial charge on any atom is 0.164 e. The topological polar surface area (TPSA) is 51.8 Å². The molecule has 0 aliphatic rings. The van der Waals surface area contributed by atoms with Gasteiger partial charge in [-0.2, -0.15) is 0 Å². The van der Waals surface area contributed by atoms with E-state index in [4.69, 9.17) is 19.4 Å².